The van der Waals surface area contributed by atoms with Crippen molar-refractivity contribution in [1.82, 2.24) is 24.1 Å². The molecule has 10 heteroatoms. The van der Waals surface area contributed by atoms with E-state index in [1.165, 1.54) is 12.3 Å². The molecule has 1 fully saturated rings. The van der Waals surface area contributed by atoms with E-state index in [0.717, 1.165) is 0 Å². The smallest absolute Gasteiger partial charge is 0.259 e. The van der Waals surface area contributed by atoms with Gasteiger partial charge in [-0.15, -0.1) is 0 Å². The van der Waals surface area contributed by atoms with Gasteiger partial charge >= 0.3 is 0 Å². The summed E-state index contributed by atoms with van der Waals surface area (Å²) in [4.78, 5) is 31.9. The van der Waals surface area contributed by atoms with Crippen molar-refractivity contribution in [1.29, 1.82) is 0 Å². The van der Waals surface area contributed by atoms with E-state index in [1.54, 1.807) is 39.4 Å². The number of amides is 1. The van der Waals surface area contributed by atoms with Crippen molar-refractivity contribution in [3.8, 4) is 0 Å². The van der Waals surface area contributed by atoms with Crippen molar-refractivity contribution >= 4 is 28.9 Å². The molecule has 0 aromatic carbocycles. The molecule has 0 aliphatic carbocycles. The van der Waals surface area contributed by atoms with Crippen LogP contribution in [0.5, 0.6) is 0 Å². The van der Waals surface area contributed by atoms with Gasteiger partial charge < -0.3 is 25.2 Å². The van der Waals surface area contributed by atoms with Crippen LogP contribution in [0.2, 0.25) is 0 Å². The SMILES string of the molecule is CNc1cc2nc3c(cnn13)C(=O)N1C[C@@H](CO)[C@H](C1)Cn1cc(ccc1=O)N2. The van der Waals surface area contributed by atoms with E-state index in [9.17, 15) is 14.7 Å². The maximum Gasteiger partial charge on any atom is 0.259 e. The molecule has 5 heterocycles. The van der Waals surface area contributed by atoms with Gasteiger partial charge in [-0.2, -0.15) is 9.61 Å². The van der Waals surface area contributed by atoms with E-state index in [0.29, 0.717) is 48.2 Å². The molecular weight excluding hydrogens is 374 g/mol. The molecule has 0 saturated carbocycles. The molecule has 150 valence electrons. The second-order valence-electron chi connectivity index (χ2n) is 7.52. The van der Waals surface area contributed by atoms with Crippen LogP contribution in [0.1, 0.15) is 10.4 Å². The zero-order chi connectivity index (χ0) is 20.1. The molecule has 1 saturated heterocycles. The molecule has 2 aliphatic heterocycles. The monoisotopic (exact) mass is 395 g/mol. The van der Waals surface area contributed by atoms with Gasteiger partial charge in [-0.1, -0.05) is 0 Å². The molecule has 0 spiro atoms. The highest BCUT2D eigenvalue weighted by Crippen LogP contribution is 2.29. The highest BCUT2D eigenvalue weighted by molar-refractivity contribution is 6.00. The van der Waals surface area contributed by atoms with Gasteiger partial charge in [0.05, 0.1) is 11.9 Å². The lowest BCUT2D eigenvalue weighted by Crippen LogP contribution is -2.30. The summed E-state index contributed by atoms with van der Waals surface area (Å²) in [5.41, 5.74) is 1.44. The quantitative estimate of drug-likeness (QED) is 0.574. The minimum absolute atomic E-state index is 0.0207. The van der Waals surface area contributed by atoms with Crippen molar-refractivity contribution in [3.63, 3.8) is 0 Å². The van der Waals surface area contributed by atoms with E-state index >= 15 is 0 Å². The van der Waals surface area contributed by atoms with E-state index < -0.39 is 0 Å². The number of aliphatic hydroxyl groups is 1. The third-order valence-corrected chi connectivity index (χ3v) is 5.74. The Morgan fingerprint density at radius 2 is 2.14 bits per heavy atom. The summed E-state index contributed by atoms with van der Waals surface area (Å²) in [5.74, 6) is 0.920. The molecule has 2 atom stereocenters. The Morgan fingerprint density at radius 1 is 1.28 bits per heavy atom. The molecule has 2 aliphatic rings. The second kappa shape index (κ2) is 6.59. The Balaban J connectivity index is 1.72. The fraction of sp³-hybridized carbons (Fsp3) is 0.368. The van der Waals surface area contributed by atoms with E-state index in [1.807, 2.05) is 0 Å². The first kappa shape index (κ1) is 17.7. The van der Waals surface area contributed by atoms with Gasteiger partial charge in [-0.3, -0.25) is 9.59 Å². The lowest BCUT2D eigenvalue weighted by molar-refractivity contribution is 0.0781. The van der Waals surface area contributed by atoms with E-state index in [2.05, 4.69) is 20.7 Å². The number of nitrogens with one attached hydrogen (secondary N) is 2. The molecular formula is C19H21N7O3. The van der Waals surface area contributed by atoms with Gasteiger partial charge in [-0.25, -0.2) is 4.98 Å². The number of rotatable bonds is 2. The van der Waals surface area contributed by atoms with Crippen molar-refractivity contribution in [2.45, 2.75) is 6.54 Å². The van der Waals surface area contributed by atoms with Gasteiger partial charge in [0.25, 0.3) is 11.5 Å². The van der Waals surface area contributed by atoms with Gasteiger partial charge in [0.15, 0.2) is 5.65 Å². The maximum atomic E-state index is 13.2. The molecule has 3 N–H and O–H groups in total. The molecule has 0 radical (unpaired) electrons. The first-order valence-electron chi connectivity index (χ1n) is 9.51. The molecule has 29 heavy (non-hydrogen) atoms. The van der Waals surface area contributed by atoms with Crippen LogP contribution in [0.3, 0.4) is 0 Å². The summed E-state index contributed by atoms with van der Waals surface area (Å²) in [6.07, 6.45) is 3.28. The van der Waals surface area contributed by atoms with Crippen LogP contribution >= 0.6 is 0 Å². The van der Waals surface area contributed by atoms with Crippen molar-refractivity contribution in [3.05, 3.63) is 46.5 Å². The molecule has 5 rings (SSSR count). The standard InChI is InChI=1S/C19H21N7O3/c1-20-16-4-15-22-13-2-3-17(28)24(9-13)6-11-7-25(8-12(11)10-27)19(29)14-5-21-26(16)18(14)23-15/h2-5,9,11-12,20,27H,6-8,10H2,1H3,(H,22,23)/t11-,12-/m0/s1. The van der Waals surface area contributed by atoms with Crippen molar-refractivity contribution < 1.29 is 9.90 Å². The van der Waals surface area contributed by atoms with Gasteiger partial charge in [0.2, 0.25) is 0 Å². The van der Waals surface area contributed by atoms with E-state index in [4.69, 9.17) is 0 Å². The van der Waals surface area contributed by atoms with Crippen LogP contribution in [0.4, 0.5) is 17.3 Å². The Kier molecular flexibility index (Phi) is 4.02. The zero-order valence-electron chi connectivity index (χ0n) is 15.9. The highest BCUT2D eigenvalue weighted by atomic mass is 16.3. The van der Waals surface area contributed by atoms with Crippen molar-refractivity contribution in [2.75, 3.05) is 37.4 Å². The Bertz CT molecular complexity index is 1170. The van der Waals surface area contributed by atoms with Crippen LogP contribution in [0.15, 0.2) is 35.4 Å². The molecule has 3 aromatic rings. The minimum Gasteiger partial charge on any atom is -0.396 e. The van der Waals surface area contributed by atoms with Crippen LogP contribution < -0.4 is 16.2 Å². The predicted molar refractivity (Wildman–Crippen MR) is 106 cm³/mol. The Morgan fingerprint density at radius 3 is 2.93 bits per heavy atom. The molecule has 6 bridgehead atoms. The molecule has 3 aromatic heterocycles. The fourth-order valence-electron chi connectivity index (χ4n) is 4.19. The summed E-state index contributed by atoms with van der Waals surface area (Å²) >= 11 is 0. The van der Waals surface area contributed by atoms with Crippen LogP contribution in [-0.4, -0.2) is 61.8 Å². The number of hydrogen-bond donors (Lipinski definition) is 3. The molecule has 0 unspecified atom stereocenters. The Hall–Kier alpha value is -3.40. The maximum absolute atomic E-state index is 13.2. The topological polar surface area (TPSA) is 117 Å². The first-order chi connectivity index (χ1) is 14.1. The average molecular weight is 395 g/mol. The van der Waals surface area contributed by atoms with Crippen LogP contribution in [0.25, 0.3) is 5.65 Å². The number of nitrogens with zero attached hydrogens (tertiary/aromatic N) is 5. The number of pyridine rings is 1. The third-order valence-electron chi connectivity index (χ3n) is 5.74. The molecule has 10 nitrogen and oxygen atoms in total. The summed E-state index contributed by atoms with van der Waals surface area (Å²) in [6, 6.07) is 5.00. The number of carbonyl (C=O) groups excluding carboxylic acids is 1. The third kappa shape index (κ3) is 2.83. The number of aliphatic hydroxyl groups excluding tert-OH is 1. The summed E-state index contributed by atoms with van der Waals surface area (Å²) in [5, 5.41) is 20.5. The van der Waals surface area contributed by atoms with Gasteiger partial charge in [0.1, 0.15) is 17.2 Å². The highest BCUT2D eigenvalue weighted by Gasteiger charge is 2.36. The zero-order valence-corrected chi connectivity index (χ0v) is 15.9. The lowest BCUT2D eigenvalue weighted by atomic mass is 9.97. The predicted octanol–water partition coefficient (Wildman–Crippen LogP) is 0.370. The van der Waals surface area contributed by atoms with Gasteiger partial charge in [-0.05, 0) is 6.07 Å². The number of aromatic nitrogens is 4. The molecule has 1 amide bonds. The number of fused-ring (bicyclic) bond motifs is 5. The minimum atomic E-state index is -0.175. The van der Waals surface area contributed by atoms with E-state index in [-0.39, 0.29) is 29.9 Å². The van der Waals surface area contributed by atoms with Gasteiger partial charge in [0, 0.05) is 63.5 Å². The summed E-state index contributed by atoms with van der Waals surface area (Å²) < 4.78 is 3.22. The lowest BCUT2D eigenvalue weighted by Gasteiger charge is -2.18. The van der Waals surface area contributed by atoms with Crippen LogP contribution in [0, 0.1) is 11.8 Å². The van der Waals surface area contributed by atoms with Crippen LogP contribution in [-0.2, 0) is 6.54 Å². The first-order valence-corrected chi connectivity index (χ1v) is 9.51. The second-order valence-corrected chi connectivity index (χ2v) is 7.52. The van der Waals surface area contributed by atoms with Crippen molar-refractivity contribution in [2.24, 2.45) is 11.8 Å². The fourth-order valence-corrected chi connectivity index (χ4v) is 4.19. The summed E-state index contributed by atoms with van der Waals surface area (Å²) in [6.45, 7) is 1.29. The normalized spacial score (nSPS) is 20.9. The summed E-state index contributed by atoms with van der Waals surface area (Å²) in [7, 11) is 1.77. The Labute approximate surface area is 165 Å². The number of hydrogen-bond acceptors (Lipinski definition) is 7. The number of carbonyl (C=O) groups is 1. The number of anilines is 3. The average Bonchev–Trinajstić information content (AvgIpc) is 3.33. The largest absolute Gasteiger partial charge is 0.396 e.